The van der Waals surface area contributed by atoms with Crippen molar-refractivity contribution in [1.82, 2.24) is 4.90 Å². The zero-order valence-corrected chi connectivity index (χ0v) is 13.6. The molecular formula is C19H18N2O4. The summed E-state index contributed by atoms with van der Waals surface area (Å²) in [4.78, 5) is 27.2. The molecule has 2 aliphatic rings. The average molecular weight is 338 g/mol. The number of benzene rings is 2. The fraction of sp³-hybridized carbons (Fsp3) is 0.263. The quantitative estimate of drug-likeness (QED) is 0.934. The van der Waals surface area contributed by atoms with Crippen molar-refractivity contribution in [1.29, 1.82) is 0 Å². The van der Waals surface area contributed by atoms with E-state index >= 15 is 0 Å². The lowest BCUT2D eigenvalue weighted by Gasteiger charge is -2.24. The Kier molecular flexibility index (Phi) is 4.01. The topological polar surface area (TPSA) is 67.9 Å². The second-order valence-corrected chi connectivity index (χ2v) is 6.05. The highest BCUT2D eigenvalue weighted by molar-refractivity contribution is 6.03. The molecule has 0 radical (unpaired) electrons. The van der Waals surface area contributed by atoms with E-state index in [1.807, 2.05) is 30.3 Å². The number of para-hydroxylation sites is 2. The molecule has 2 aromatic carbocycles. The van der Waals surface area contributed by atoms with Crippen LogP contribution in [0.15, 0.2) is 48.5 Å². The Morgan fingerprint density at radius 3 is 2.72 bits per heavy atom. The number of fused-ring (bicyclic) bond motifs is 1. The van der Waals surface area contributed by atoms with Gasteiger partial charge in [0, 0.05) is 12.2 Å². The summed E-state index contributed by atoms with van der Waals surface area (Å²) in [5, 5.41) is 2.88. The lowest BCUT2D eigenvalue weighted by molar-refractivity contribution is -0.119. The van der Waals surface area contributed by atoms with Crippen molar-refractivity contribution in [3.63, 3.8) is 0 Å². The van der Waals surface area contributed by atoms with Gasteiger partial charge in [0.1, 0.15) is 6.04 Å². The van der Waals surface area contributed by atoms with Gasteiger partial charge in [0.15, 0.2) is 11.5 Å². The predicted octanol–water partition coefficient (Wildman–Crippen LogP) is 2.66. The molecule has 1 N–H and O–H groups in total. The van der Waals surface area contributed by atoms with Crippen LogP contribution >= 0.6 is 0 Å². The van der Waals surface area contributed by atoms with Gasteiger partial charge in [0.2, 0.25) is 12.7 Å². The van der Waals surface area contributed by atoms with E-state index in [1.54, 1.807) is 23.1 Å². The predicted molar refractivity (Wildman–Crippen MR) is 91.7 cm³/mol. The van der Waals surface area contributed by atoms with E-state index in [4.69, 9.17) is 9.47 Å². The molecule has 25 heavy (non-hydrogen) atoms. The highest BCUT2D eigenvalue weighted by atomic mass is 16.7. The minimum Gasteiger partial charge on any atom is -0.454 e. The molecule has 2 aliphatic heterocycles. The van der Waals surface area contributed by atoms with Gasteiger partial charge in [-0.1, -0.05) is 24.3 Å². The van der Waals surface area contributed by atoms with Crippen LogP contribution in [0.25, 0.3) is 0 Å². The van der Waals surface area contributed by atoms with Gasteiger partial charge in [-0.2, -0.15) is 0 Å². The number of hydrogen-bond acceptors (Lipinski definition) is 4. The number of rotatable bonds is 3. The fourth-order valence-corrected chi connectivity index (χ4v) is 3.28. The molecule has 2 amide bonds. The molecule has 1 fully saturated rings. The highest BCUT2D eigenvalue weighted by Crippen LogP contribution is 2.36. The number of nitrogens with one attached hydrogen (secondary N) is 1. The summed E-state index contributed by atoms with van der Waals surface area (Å²) in [6, 6.07) is 14.0. The fourth-order valence-electron chi connectivity index (χ4n) is 3.28. The third kappa shape index (κ3) is 2.91. The first-order valence-corrected chi connectivity index (χ1v) is 8.29. The van der Waals surface area contributed by atoms with Gasteiger partial charge in [-0.25, -0.2) is 0 Å². The van der Waals surface area contributed by atoms with Crippen LogP contribution in [0, 0.1) is 0 Å². The third-order valence-electron chi connectivity index (χ3n) is 4.48. The summed E-state index contributed by atoms with van der Waals surface area (Å²) in [5.74, 6) is 0.659. The monoisotopic (exact) mass is 338 g/mol. The molecule has 0 bridgehead atoms. The van der Waals surface area contributed by atoms with Crippen LogP contribution in [-0.2, 0) is 4.79 Å². The maximum atomic E-state index is 13.0. The van der Waals surface area contributed by atoms with Crippen molar-refractivity contribution < 1.29 is 19.1 Å². The number of hydrogen-bond donors (Lipinski definition) is 1. The molecule has 6 heteroatoms. The van der Waals surface area contributed by atoms with Crippen LogP contribution in [-0.4, -0.2) is 36.1 Å². The maximum Gasteiger partial charge on any atom is 0.258 e. The maximum absolute atomic E-state index is 13.0. The van der Waals surface area contributed by atoms with Gasteiger partial charge < -0.3 is 19.7 Å². The molecule has 1 saturated heterocycles. The van der Waals surface area contributed by atoms with E-state index in [1.165, 1.54) is 0 Å². The largest absolute Gasteiger partial charge is 0.454 e. The summed E-state index contributed by atoms with van der Waals surface area (Å²) in [5.41, 5.74) is 1.17. The Labute approximate surface area is 145 Å². The highest BCUT2D eigenvalue weighted by Gasteiger charge is 2.36. The molecule has 6 nitrogen and oxygen atoms in total. The molecule has 4 rings (SSSR count). The van der Waals surface area contributed by atoms with Gasteiger partial charge in [-0.3, -0.25) is 9.59 Å². The molecule has 1 atom stereocenters. The summed E-state index contributed by atoms with van der Waals surface area (Å²) >= 11 is 0. The van der Waals surface area contributed by atoms with Crippen LogP contribution < -0.4 is 14.8 Å². The Balaban J connectivity index is 1.54. The molecule has 2 heterocycles. The number of ether oxygens (including phenoxy) is 2. The number of anilines is 1. The molecule has 128 valence electrons. The van der Waals surface area contributed by atoms with Crippen LogP contribution in [0.5, 0.6) is 11.5 Å². The minimum atomic E-state index is -0.481. The molecule has 0 spiro atoms. The first-order valence-electron chi connectivity index (χ1n) is 8.29. The number of amides is 2. The van der Waals surface area contributed by atoms with E-state index in [0.29, 0.717) is 30.0 Å². The van der Waals surface area contributed by atoms with Gasteiger partial charge >= 0.3 is 0 Å². The van der Waals surface area contributed by atoms with Crippen molar-refractivity contribution in [2.24, 2.45) is 0 Å². The number of nitrogens with zero attached hydrogens (tertiary/aromatic N) is 1. The van der Waals surface area contributed by atoms with E-state index < -0.39 is 6.04 Å². The van der Waals surface area contributed by atoms with Crippen molar-refractivity contribution in [2.45, 2.75) is 18.9 Å². The summed E-state index contributed by atoms with van der Waals surface area (Å²) in [6.07, 6.45) is 1.45. The van der Waals surface area contributed by atoms with Crippen LogP contribution in [0.3, 0.4) is 0 Å². The van der Waals surface area contributed by atoms with Gasteiger partial charge in [0.25, 0.3) is 5.91 Å². The van der Waals surface area contributed by atoms with E-state index in [2.05, 4.69) is 5.32 Å². The van der Waals surface area contributed by atoms with E-state index in [9.17, 15) is 9.59 Å². The first kappa shape index (κ1) is 15.5. The van der Waals surface area contributed by atoms with Crippen LogP contribution in [0.1, 0.15) is 23.2 Å². The van der Waals surface area contributed by atoms with Gasteiger partial charge in [0.05, 0.1) is 5.56 Å². The van der Waals surface area contributed by atoms with Gasteiger partial charge in [-0.05, 0) is 37.1 Å². The Hall–Kier alpha value is -3.02. The minimum absolute atomic E-state index is 0.109. The Morgan fingerprint density at radius 2 is 1.88 bits per heavy atom. The van der Waals surface area contributed by atoms with Crippen LogP contribution in [0.4, 0.5) is 5.69 Å². The van der Waals surface area contributed by atoms with Crippen molar-refractivity contribution in [2.75, 3.05) is 18.7 Å². The smallest absolute Gasteiger partial charge is 0.258 e. The lowest BCUT2D eigenvalue weighted by atomic mass is 10.1. The van der Waals surface area contributed by atoms with E-state index in [-0.39, 0.29) is 18.6 Å². The lowest BCUT2D eigenvalue weighted by Crippen LogP contribution is -2.43. The molecule has 0 saturated carbocycles. The summed E-state index contributed by atoms with van der Waals surface area (Å²) < 4.78 is 10.8. The zero-order valence-electron chi connectivity index (χ0n) is 13.6. The first-order chi connectivity index (χ1) is 12.2. The SMILES string of the molecule is O=C(Nc1ccccc1)[C@H]1CCCN1C(=O)c1cccc2c1OCO2. The average Bonchev–Trinajstić information content (AvgIpc) is 3.31. The molecular weight excluding hydrogens is 320 g/mol. The Bertz CT molecular complexity index is 806. The number of carbonyl (C=O) groups excluding carboxylic acids is 2. The standard InChI is InChI=1S/C19H18N2O4/c22-18(20-13-6-2-1-3-7-13)15-9-5-11-21(15)19(23)14-8-4-10-16-17(14)25-12-24-16/h1-4,6-8,10,15H,5,9,11-12H2,(H,20,22)/t15-/m1/s1. The van der Waals surface area contributed by atoms with Crippen LogP contribution in [0.2, 0.25) is 0 Å². The summed E-state index contributed by atoms with van der Waals surface area (Å²) in [6.45, 7) is 0.660. The van der Waals surface area contributed by atoms with Gasteiger partial charge in [-0.15, -0.1) is 0 Å². The molecule has 0 unspecified atom stereocenters. The zero-order chi connectivity index (χ0) is 17.2. The van der Waals surface area contributed by atoms with Crippen molar-refractivity contribution in [3.05, 3.63) is 54.1 Å². The molecule has 0 aliphatic carbocycles. The second kappa shape index (κ2) is 6.47. The number of carbonyl (C=O) groups is 2. The molecule has 0 aromatic heterocycles. The van der Waals surface area contributed by atoms with Crippen molar-refractivity contribution in [3.8, 4) is 11.5 Å². The van der Waals surface area contributed by atoms with Crippen molar-refractivity contribution >= 4 is 17.5 Å². The third-order valence-corrected chi connectivity index (χ3v) is 4.48. The Morgan fingerprint density at radius 1 is 1.04 bits per heavy atom. The number of likely N-dealkylation sites (tertiary alicyclic amines) is 1. The van der Waals surface area contributed by atoms with E-state index in [0.717, 1.165) is 12.1 Å². The molecule has 2 aromatic rings. The second-order valence-electron chi connectivity index (χ2n) is 6.05. The normalized spacial score (nSPS) is 18.2. The summed E-state index contributed by atoms with van der Waals surface area (Å²) in [7, 11) is 0.